The van der Waals surface area contributed by atoms with Crippen LogP contribution in [-0.4, -0.2) is 44.7 Å². The van der Waals surface area contributed by atoms with E-state index >= 15 is 0 Å². The van der Waals surface area contributed by atoms with Crippen LogP contribution in [0, 0.1) is 0 Å². The fourth-order valence-corrected chi connectivity index (χ4v) is 1.71. The van der Waals surface area contributed by atoms with Crippen LogP contribution >= 0.6 is 0 Å². The first-order chi connectivity index (χ1) is 10.6. The molecule has 22 heavy (non-hydrogen) atoms. The van der Waals surface area contributed by atoms with E-state index in [1.54, 1.807) is 12.1 Å². The van der Waals surface area contributed by atoms with E-state index in [1.807, 2.05) is 12.1 Å². The van der Waals surface area contributed by atoms with Gasteiger partial charge in [-0.1, -0.05) is 12.1 Å². The summed E-state index contributed by atoms with van der Waals surface area (Å²) < 4.78 is 10.3. The van der Waals surface area contributed by atoms with Gasteiger partial charge in [0.2, 0.25) is 0 Å². The lowest BCUT2D eigenvalue weighted by Crippen LogP contribution is -2.28. The minimum Gasteiger partial charge on any atom is -0.377 e. The van der Waals surface area contributed by atoms with E-state index in [4.69, 9.17) is 15.3 Å². The molecule has 1 aromatic rings. The Balaban J connectivity index is 2.15. The van der Waals surface area contributed by atoms with E-state index in [9.17, 15) is 9.59 Å². The fraction of sp³-hybridized carbons (Fsp3) is 0.467. The van der Waals surface area contributed by atoms with Gasteiger partial charge >= 0.3 is 0 Å². The lowest BCUT2D eigenvalue weighted by Gasteiger charge is -2.08. The topological polar surface area (TPSA) is 103 Å². The van der Waals surface area contributed by atoms with Crippen molar-refractivity contribution in [2.75, 3.05) is 33.0 Å². The maximum atomic E-state index is 11.9. The Morgan fingerprint density at radius 2 is 1.95 bits per heavy atom. The molecule has 0 saturated carbocycles. The quantitative estimate of drug-likeness (QED) is 0.302. The Morgan fingerprint density at radius 1 is 1.18 bits per heavy atom. The van der Waals surface area contributed by atoms with Crippen molar-refractivity contribution in [2.24, 2.45) is 5.84 Å². The molecule has 0 spiro atoms. The van der Waals surface area contributed by atoms with E-state index in [-0.39, 0.29) is 18.3 Å². The number of ether oxygens (including phenoxy) is 2. The monoisotopic (exact) mass is 309 g/mol. The summed E-state index contributed by atoms with van der Waals surface area (Å²) in [6.45, 7) is 3.63. The second kappa shape index (κ2) is 10.9. The van der Waals surface area contributed by atoms with Crippen molar-refractivity contribution in [2.45, 2.75) is 13.5 Å². The van der Waals surface area contributed by atoms with Gasteiger partial charge in [0.1, 0.15) is 6.61 Å². The second-order valence-electron chi connectivity index (χ2n) is 4.70. The summed E-state index contributed by atoms with van der Waals surface area (Å²) in [5.41, 5.74) is 4.07. The number of amides is 1. The van der Waals surface area contributed by atoms with Gasteiger partial charge in [-0.2, -0.15) is 0 Å². The van der Waals surface area contributed by atoms with Gasteiger partial charge in [0, 0.05) is 18.7 Å². The third kappa shape index (κ3) is 7.84. The Hall–Kier alpha value is -1.80. The molecule has 0 aliphatic rings. The molecule has 0 atom stereocenters. The number of carbonyl (C=O) groups is 2. The van der Waals surface area contributed by atoms with Crippen molar-refractivity contribution >= 4 is 11.7 Å². The van der Waals surface area contributed by atoms with Gasteiger partial charge in [0.15, 0.2) is 5.78 Å². The number of hydrogen-bond donors (Lipinski definition) is 3. The van der Waals surface area contributed by atoms with Gasteiger partial charge in [0.25, 0.3) is 5.91 Å². The minimum absolute atomic E-state index is 0.0145. The number of rotatable bonds is 11. The molecular weight excluding hydrogens is 286 g/mol. The standard InChI is InChI=1S/C15H23N3O4/c1-12(19)11-22-8-7-21-6-5-17-15(20)14-4-2-3-13(9-14)10-18-16/h2-4,9,18H,5-8,10-11,16H2,1H3,(H,17,20). The second-order valence-corrected chi connectivity index (χ2v) is 4.70. The minimum atomic E-state index is -0.157. The summed E-state index contributed by atoms with van der Waals surface area (Å²) in [5.74, 6) is 5.08. The summed E-state index contributed by atoms with van der Waals surface area (Å²) in [7, 11) is 0. The highest BCUT2D eigenvalue weighted by atomic mass is 16.5. The molecule has 0 fully saturated rings. The number of hydrogen-bond acceptors (Lipinski definition) is 6. The number of benzene rings is 1. The summed E-state index contributed by atoms with van der Waals surface area (Å²) in [6.07, 6.45) is 0. The Kier molecular flexibility index (Phi) is 9.01. The summed E-state index contributed by atoms with van der Waals surface area (Å²) in [6, 6.07) is 7.22. The summed E-state index contributed by atoms with van der Waals surface area (Å²) in [5, 5.41) is 2.77. The lowest BCUT2D eigenvalue weighted by molar-refractivity contribution is -0.121. The summed E-state index contributed by atoms with van der Waals surface area (Å²) in [4.78, 5) is 22.6. The van der Waals surface area contributed by atoms with Crippen LogP contribution in [-0.2, 0) is 20.8 Å². The van der Waals surface area contributed by atoms with E-state index in [0.717, 1.165) is 5.56 Å². The highest BCUT2D eigenvalue weighted by molar-refractivity contribution is 5.94. The molecule has 0 saturated heterocycles. The zero-order valence-electron chi connectivity index (χ0n) is 12.8. The van der Waals surface area contributed by atoms with Gasteiger partial charge in [-0.3, -0.25) is 20.9 Å². The SMILES string of the molecule is CC(=O)COCCOCCNC(=O)c1cccc(CNN)c1. The molecule has 0 bridgehead atoms. The van der Waals surface area contributed by atoms with Crippen LogP contribution in [0.4, 0.5) is 0 Å². The van der Waals surface area contributed by atoms with Gasteiger partial charge in [-0.25, -0.2) is 0 Å². The molecule has 7 nitrogen and oxygen atoms in total. The fourth-order valence-electron chi connectivity index (χ4n) is 1.71. The Labute approximate surface area is 130 Å². The van der Waals surface area contributed by atoms with Crippen LogP contribution in [0.2, 0.25) is 0 Å². The van der Waals surface area contributed by atoms with Crippen molar-refractivity contribution in [3.8, 4) is 0 Å². The zero-order valence-corrected chi connectivity index (χ0v) is 12.8. The predicted octanol–water partition coefficient (Wildman–Crippen LogP) is 0.00190. The maximum Gasteiger partial charge on any atom is 0.251 e. The predicted molar refractivity (Wildman–Crippen MR) is 82.1 cm³/mol. The van der Waals surface area contributed by atoms with E-state index in [2.05, 4.69) is 10.7 Å². The molecular formula is C15H23N3O4. The van der Waals surface area contributed by atoms with Crippen LogP contribution in [0.25, 0.3) is 0 Å². The highest BCUT2D eigenvalue weighted by Crippen LogP contribution is 2.04. The molecule has 0 aromatic heterocycles. The molecule has 0 heterocycles. The Bertz CT molecular complexity index is 480. The van der Waals surface area contributed by atoms with Gasteiger partial charge in [-0.15, -0.1) is 0 Å². The van der Waals surface area contributed by atoms with E-state index in [1.165, 1.54) is 6.92 Å². The first-order valence-electron chi connectivity index (χ1n) is 7.09. The highest BCUT2D eigenvalue weighted by Gasteiger charge is 2.05. The maximum absolute atomic E-state index is 11.9. The van der Waals surface area contributed by atoms with Crippen molar-refractivity contribution in [3.63, 3.8) is 0 Å². The van der Waals surface area contributed by atoms with Gasteiger partial charge < -0.3 is 14.8 Å². The molecule has 0 radical (unpaired) electrons. The van der Waals surface area contributed by atoms with E-state index in [0.29, 0.717) is 38.5 Å². The van der Waals surface area contributed by atoms with Crippen LogP contribution in [0.5, 0.6) is 0 Å². The first kappa shape index (κ1) is 18.2. The lowest BCUT2D eigenvalue weighted by atomic mass is 10.1. The molecule has 1 amide bonds. The van der Waals surface area contributed by atoms with Crippen LogP contribution in [0.3, 0.4) is 0 Å². The smallest absolute Gasteiger partial charge is 0.251 e. The molecule has 122 valence electrons. The molecule has 0 aliphatic carbocycles. The van der Waals surface area contributed by atoms with Gasteiger partial charge in [-0.05, 0) is 24.6 Å². The van der Waals surface area contributed by atoms with Crippen LogP contribution in [0.1, 0.15) is 22.8 Å². The van der Waals surface area contributed by atoms with Gasteiger partial charge in [0.05, 0.1) is 19.8 Å². The van der Waals surface area contributed by atoms with Crippen molar-refractivity contribution in [3.05, 3.63) is 35.4 Å². The molecule has 1 rings (SSSR count). The van der Waals surface area contributed by atoms with Crippen LogP contribution < -0.4 is 16.6 Å². The van der Waals surface area contributed by atoms with Crippen LogP contribution in [0.15, 0.2) is 24.3 Å². The largest absolute Gasteiger partial charge is 0.377 e. The first-order valence-corrected chi connectivity index (χ1v) is 7.09. The molecule has 1 aromatic carbocycles. The zero-order chi connectivity index (χ0) is 16.2. The van der Waals surface area contributed by atoms with Crippen molar-refractivity contribution in [1.82, 2.24) is 10.7 Å². The van der Waals surface area contributed by atoms with E-state index < -0.39 is 0 Å². The molecule has 7 heteroatoms. The number of Topliss-reactive ketones (excluding diaryl/α,β-unsaturated/α-hetero) is 1. The van der Waals surface area contributed by atoms with Crippen molar-refractivity contribution < 1.29 is 19.1 Å². The van der Waals surface area contributed by atoms with Crippen molar-refractivity contribution in [1.29, 1.82) is 0 Å². The number of carbonyl (C=O) groups excluding carboxylic acids is 2. The normalized spacial score (nSPS) is 10.5. The number of ketones is 1. The number of nitrogens with one attached hydrogen (secondary N) is 2. The average Bonchev–Trinajstić information content (AvgIpc) is 2.50. The third-order valence-electron chi connectivity index (χ3n) is 2.70. The Morgan fingerprint density at radius 3 is 2.68 bits per heavy atom. The summed E-state index contributed by atoms with van der Waals surface area (Å²) >= 11 is 0. The molecule has 0 unspecified atom stereocenters. The molecule has 0 aliphatic heterocycles. The number of nitrogens with two attached hydrogens (primary N) is 1. The average molecular weight is 309 g/mol. The third-order valence-corrected chi connectivity index (χ3v) is 2.70. The molecule has 4 N–H and O–H groups in total. The number of hydrazine groups is 1.